The molecule has 1 N–H and O–H groups in total. The van der Waals surface area contributed by atoms with Crippen molar-refractivity contribution in [2.24, 2.45) is 17.8 Å². The van der Waals surface area contributed by atoms with E-state index in [-0.39, 0.29) is 41.7 Å². The summed E-state index contributed by atoms with van der Waals surface area (Å²) < 4.78 is 9.67. The number of rotatable bonds is 15. The molecule has 1 saturated carbocycles. The summed E-state index contributed by atoms with van der Waals surface area (Å²) in [5.74, 6) is -0.102. The van der Waals surface area contributed by atoms with Crippen molar-refractivity contribution in [3.63, 3.8) is 0 Å². The zero-order chi connectivity index (χ0) is 21.6. The van der Waals surface area contributed by atoms with Crippen molar-refractivity contribution in [3.05, 3.63) is 12.2 Å². The standard InChI is InChI=1S/C23H38O6/c1-17(15-23(27)29-3)9-6-7-11-19-20(22(26)16-21(19)25)13-12-18(24)10-5-4-8-14-28-2/h6-7,17,19-20,22,26H,4-5,8-16H2,1-3H3/b7-6+. The van der Waals surface area contributed by atoms with Crippen molar-refractivity contribution in [1.29, 1.82) is 0 Å². The van der Waals surface area contributed by atoms with Gasteiger partial charge in [-0.3, -0.25) is 14.4 Å². The minimum atomic E-state index is -0.645. The summed E-state index contributed by atoms with van der Waals surface area (Å²) in [5.41, 5.74) is 0. The van der Waals surface area contributed by atoms with Crippen molar-refractivity contribution in [3.8, 4) is 0 Å². The van der Waals surface area contributed by atoms with E-state index in [0.29, 0.717) is 32.1 Å². The molecule has 0 bridgehead atoms. The number of ether oxygens (including phenoxy) is 2. The van der Waals surface area contributed by atoms with Crippen molar-refractivity contribution in [2.75, 3.05) is 20.8 Å². The van der Waals surface area contributed by atoms with Gasteiger partial charge in [0.2, 0.25) is 0 Å². The highest BCUT2D eigenvalue weighted by atomic mass is 16.5. The van der Waals surface area contributed by atoms with Gasteiger partial charge in [0.25, 0.3) is 0 Å². The van der Waals surface area contributed by atoms with E-state index in [1.54, 1.807) is 7.11 Å². The zero-order valence-corrected chi connectivity index (χ0v) is 18.2. The number of allylic oxidation sites excluding steroid dienone is 2. The summed E-state index contributed by atoms with van der Waals surface area (Å²) in [7, 11) is 3.06. The molecule has 6 heteroatoms. The van der Waals surface area contributed by atoms with Crippen LogP contribution in [0.4, 0.5) is 0 Å². The van der Waals surface area contributed by atoms with E-state index < -0.39 is 6.10 Å². The van der Waals surface area contributed by atoms with Gasteiger partial charge in [-0.15, -0.1) is 0 Å². The molecule has 0 aromatic heterocycles. The Morgan fingerprint density at radius 1 is 1.17 bits per heavy atom. The number of carbonyl (C=O) groups is 3. The van der Waals surface area contributed by atoms with Crippen LogP contribution in [0.25, 0.3) is 0 Å². The van der Waals surface area contributed by atoms with Crippen molar-refractivity contribution < 1.29 is 29.0 Å². The lowest BCUT2D eigenvalue weighted by Crippen LogP contribution is -2.21. The molecule has 0 radical (unpaired) electrons. The lowest BCUT2D eigenvalue weighted by atomic mass is 9.86. The van der Waals surface area contributed by atoms with Crippen LogP contribution >= 0.6 is 0 Å². The SMILES string of the molecule is COCCCCCC(=O)CCC1C(O)CC(=O)C1C/C=C/CC(C)CC(=O)OC. The van der Waals surface area contributed by atoms with E-state index in [9.17, 15) is 19.5 Å². The molecule has 1 fully saturated rings. The van der Waals surface area contributed by atoms with Gasteiger partial charge >= 0.3 is 5.97 Å². The number of hydrogen-bond donors (Lipinski definition) is 1. The van der Waals surface area contributed by atoms with Crippen molar-refractivity contribution in [2.45, 2.75) is 77.2 Å². The van der Waals surface area contributed by atoms with Crippen LogP contribution in [0.5, 0.6) is 0 Å². The highest BCUT2D eigenvalue weighted by Gasteiger charge is 2.40. The first-order valence-electron chi connectivity index (χ1n) is 10.8. The molecular weight excluding hydrogens is 372 g/mol. The molecule has 0 aromatic carbocycles. The molecular formula is C23H38O6. The van der Waals surface area contributed by atoms with E-state index in [1.165, 1.54) is 7.11 Å². The molecule has 6 nitrogen and oxygen atoms in total. The Bertz CT molecular complexity index is 541. The number of methoxy groups -OCH3 is 2. The highest BCUT2D eigenvalue weighted by Crippen LogP contribution is 2.35. The number of aliphatic hydroxyl groups excluding tert-OH is 1. The monoisotopic (exact) mass is 410 g/mol. The minimum Gasteiger partial charge on any atom is -0.469 e. The third-order valence-electron chi connectivity index (χ3n) is 5.73. The predicted molar refractivity (Wildman–Crippen MR) is 111 cm³/mol. The topological polar surface area (TPSA) is 89.9 Å². The molecule has 166 valence electrons. The van der Waals surface area contributed by atoms with Gasteiger partial charge < -0.3 is 14.6 Å². The largest absolute Gasteiger partial charge is 0.469 e. The molecule has 1 rings (SSSR count). The van der Waals surface area contributed by atoms with Gasteiger partial charge in [0, 0.05) is 45.3 Å². The van der Waals surface area contributed by atoms with E-state index in [2.05, 4.69) is 4.74 Å². The average molecular weight is 411 g/mol. The van der Waals surface area contributed by atoms with Gasteiger partial charge in [0.05, 0.1) is 13.2 Å². The van der Waals surface area contributed by atoms with E-state index in [0.717, 1.165) is 32.3 Å². The van der Waals surface area contributed by atoms with Crippen molar-refractivity contribution in [1.82, 2.24) is 0 Å². The van der Waals surface area contributed by atoms with Gasteiger partial charge in [-0.25, -0.2) is 0 Å². The molecule has 0 spiro atoms. The number of carbonyl (C=O) groups excluding carboxylic acids is 3. The Labute approximate surface area is 175 Å². The maximum atomic E-state index is 12.3. The Balaban J connectivity index is 2.39. The Morgan fingerprint density at radius 2 is 1.93 bits per heavy atom. The Hall–Kier alpha value is -1.53. The van der Waals surface area contributed by atoms with Gasteiger partial charge in [-0.2, -0.15) is 0 Å². The normalized spacial score (nSPS) is 22.9. The molecule has 0 aromatic rings. The minimum absolute atomic E-state index is 0.0850. The molecule has 4 unspecified atom stereocenters. The first-order chi connectivity index (χ1) is 13.9. The van der Waals surface area contributed by atoms with Crippen LogP contribution in [0.2, 0.25) is 0 Å². The van der Waals surface area contributed by atoms with E-state index >= 15 is 0 Å². The summed E-state index contributed by atoms with van der Waals surface area (Å²) in [4.78, 5) is 35.7. The van der Waals surface area contributed by atoms with Crippen LogP contribution < -0.4 is 0 Å². The predicted octanol–water partition coefficient (Wildman–Crippen LogP) is 3.64. The Kier molecular flexibility index (Phi) is 12.7. The molecule has 4 atom stereocenters. The summed E-state index contributed by atoms with van der Waals surface area (Å²) >= 11 is 0. The van der Waals surface area contributed by atoms with Crippen LogP contribution in [-0.4, -0.2) is 49.6 Å². The third kappa shape index (κ3) is 10.2. The molecule has 0 aliphatic heterocycles. The molecule has 0 heterocycles. The number of esters is 1. The summed E-state index contributed by atoms with van der Waals surface area (Å²) in [6.45, 7) is 2.71. The van der Waals surface area contributed by atoms with Gasteiger partial charge in [-0.1, -0.05) is 25.5 Å². The lowest BCUT2D eigenvalue weighted by Gasteiger charge is -2.19. The zero-order valence-electron chi connectivity index (χ0n) is 18.2. The fourth-order valence-electron chi connectivity index (χ4n) is 3.94. The van der Waals surface area contributed by atoms with Crippen LogP contribution in [0, 0.1) is 17.8 Å². The summed E-state index contributed by atoms with van der Waals surface area (Å²) in [6.07, 6.45) is 9.57. The van der Waals surface area contributed by atoms with E-state index in [1.807, 2.05) is 19.1 Å². The smallest absolute Gasteiger partial charge is 0.305 e. The maximum Gasteiger partial charge on any atom is 0.305 e. The number of aliphatic hydroxyl groups is 1. The quantitative estimate of drug-likeness (QED) is 0.252. The molecule has 29 heavy (non-hydrogen) atoms. The maximum absolute atomic E-state index is 12.3. The van der Waals surface area contributed by atoms with Crippen molar-refractivity contribution >= 4 is 17.5 Å². The number of hydrogen-bond acceptors (Lipinski definition) is 6. The first kappa shape index (κ1) is 25.5. The second-order valence-electron chi connectivity index (χ2n) is 8.22. The number of ketones is 2. The summed E-state index contributed by atoms with van der Waals surface area (Å²) in [5, 5.41) is 10.3. The van der Waals surface area contributed by atoms with Gasteiger partial charge in [0.1, 0.15) is 11.6 Å². The lowest BCUT2D eigenvalue weighted by molar-refractivity contribution is -0.141. The first-order valence-corrected chi connectivity index (χ1v) is 10.8. The van der Waals surface area contributed by atoms with E-state index in [4.69, 9.17) is 4.74 Å². The van der Waals surface area contributed by atoms with Crippen LogP contribution in [0.1, 0.15) is 71.1 Å². The average Bonchev–Trinajstić information content (AvgIpc) is 2.95. The van der Waals surface area contributed by atoms with Gasteiger partial charge in [-0.05, 0) is 43.9 Å². The molecule has 0 saturated heterocycles. The molecule has 0 amide bonds. The third-order valence-corrected chi connectivity index (χ3v) is 5.73. The number of Topliss-reactive ketones (excluding diaryl/α,β-unsaturated/α-hetero) is 2. The Morgan fingerprint density at radius 3 is 2.62 bits per heavy atom. The molecule has 1 aliphatic rings. The number of unbranched alkanes of at least 4 members (excludes halogenated alkanes) is 2. The fourth-order valence-corrected chi connectivity index (χ4v) is 3.94. The fraction of sp³-hybridized carbons (Fsp3) is 0.783. The highest BCUT2D eigenvalue weighted by molar-refractivity contribution is 5.84. The van der Waals surface area contributed by atoms with Crippen LogP contribution in [-0.2, 0) is 23.9 Å². The van der Waals surface area contributed by atoms with Crippen LogP contribution in [0.15, 0.2) is 12.2 Å². The second-order valence-corrected chi connectivity index (χ2v) is 8.22. The van der Waals surface area contributed by atoms with Crippen LogP contribution in [0.3, 0.4) is 0 Å². The second kappa shape index (κ2) is 14.5. The molecule has 1 aliphatic carbocycles. The summed E-state index contributed by atoms with van der Waals surface area (Å²) in [6, 6.07) is 0. The van der Waals surface area contributed by atoms with Gasteiger partial charge in [0.15, 0.2) is 0 Å².